The van der Waals surface area contributed by atoms with Crippen LogP contribution in [-0.2, 0) is 13.6 Å². The van der Waals surface area contributed by atoms with E-state index in [1.165, 1.54) is 0 Å². The maximum absolute atomic E-state index is 8.85. The molecule has 0 atom stereocenters. The van der Waals surface area contributed by atoms with Crippen LogP contribution >= 0.6 is 11.5 Å². The number of aromatic nitrogens is 4. The highest BCUT2D eigenvalue weighted by atomic mass is 32.1. The van der Waals surface area contributed by atoms with E-state index in [0.29, 0.717) is 22.9 Å². The topological polar surface area (TPSA) is 105 Å². The van der Waals surface area contributed by atoms with Gasteiger partial charge in [-0.2, -0.15) is 14.7 Å². The van der Waals surface area contributed by atoms with Gasteiger partial charge in [0, 0.05) is 7.05 Å². The average Bonchev–Trinajstić information content (AvgIpc) is 2.82. The number of nitrogen functional groups attached to an aromatic ring is 1. The molecule has 8 heteroatoms. The maximum Gasteiger partial charge on any atom is 0.169 e. The Morgan fingerprint density at radius 2 is 2.50 bits per heavy atom. The smallest absolute Gasteiger partial charge is 0.169 e. The summed E-state index contributed by atoms with van der Waals surface area (Å²) in [6.07, 6.45) is 1.61. The molecule has 2 aromatic rings. The standard InChI is InChI=1S/C8H9N7S/c1-15-4-12-6(13-15)3-11-8-5(2-9)7(10)14-16-8/h4,11H,3H2,1H3,(H2,10,14). The fraction of sp³-hybridized carbons (Fsp3) is 0.250. The lowest BCUT2D eigenvalue weighted by Gasteiger charge is -1.99. The van der Waals surface area contributed by atoms with Crippen molar-refractivity contribution in [1.29, 1.82) is 5.26 Å². The van der Waals surface area contributed by atoms with E-state index < -0.39 is 0 Å². The molecular weight excluding hydrogens is 226 g/mol. The minimum absolute atomic E-state index is 0.254. The van der Waals surface area contributed by atoms with Crippen LogP contribution in [0.25, 0.3) is 0 Å². The minimum Gasteiger partial charge on any atom is -0.382 e. The third kappa shape index (κ3) is 1.94. The van der Waals surface area contributed by atoms with Crippen LogP contribution in [0, 0.1) is 11.3 Å². The van der Waals surface area contributed by atoms with Crippen molar-refractivity contribution in [2.45, 2.75) is 6.54 Å². The normalized spacial score (nSPS) is 10.0. The molecule has 0 saturated carbocycles. The number of rotatable bonds is 3. The van der Waals surface area contributed by atoms with E-state index in [4.69, 9.17) is 11.0 Å². The Morgan fingerprint density at radius 1 is 1.69 bits per heavy atom. The van der Waals surface area contributed by atoms with Gasteiger partial charge in [0.25, 0.3) is 0 Å². The summed E-state index contributed by atoms with van der Waals surface area (Å²) in [5.74, 6) is 0.905. The zero-order valence-electron chi connectivity index (χ0n) is 8.51. The molecule has 0 unspecified atom stereocenters. The molecule has 2 heterocycles. The first-order valence-corrected chi connectivity index (χ1v) is 5.21. The predicted molar refractivity (Wildman–Crippen MR) is 59.6 cm³/mol. The summed E-state index contributed by atoms with van der Waals surface area (Å²) < 4.78 is 5.51. The van der Waals surface area contributed by atoms with E-state index in [9.17, 15) is 0 Å². The van der Waals surface area contributed by atoms with Gasteiger partial charge in [0.1, 0.15) is 23.0 Å². The van der Waals surface area contributed by atoms with Crippen LogP contribution in [0.15, 0.2) is 6.33 Å². The molecule has 0 spiro atoms. The van der Waals surface area contributed by atoms with Gasteiger partial charge in [-0.05, 0) is 11.5 Å². The highest BCUT2D eigenvalue weighted by molar-refractivity contribution is 7.10. The molecule has 3 N–H and O–H groups in total. The van der Waals surface area contributed by atoms with Crippen molar-refractivity contribution in [3.05, 3.63) is 17.7 Å². The largest absolute Gasteiger partial charge is 0.382 e. The molecule has 82 valence electrons. The average molecular weight is 235 g/mol. The van der Waals surface area contributed by atoms with Crippen LogP contribution in [0.2, 0.25) is 0 Å². The summed E-state index contributed by atoms with van der Waals surface area (Å²) >= 11 is 1.16. The predicted octanol–water partition coefficient (Wildman–Crippen LogP) is 0.338. The monoisotopic (exact) mass is 235 g/mol. The first-order chi connectivity index (χ1) is 7.70. The summed E-state index contributed by atoms with van der Waals surface area (Å²) in [6, 6.07) is 2.00. The molecule has 16 heavy (non-hydrogen) atoms. The fourth-order valence-electron chi connectivity index (χ4n) is 1.16. The quantitative estimate of drug-likeness (QED) is 0.794. The zero-order valence-corrected chi connectivity index (χ0v) is 9.32. The van der Waals surface area contributed by atoms with Crippen molar-refractivity contribution in [2.24, 2.45) is 7.05 Å². The number of anilines is 2. The van der Waals surface area contributed by atoms with Crippen LogP contribution in [0.3, 0.4) is 0 Å². The van der Waals surface area contributed by atoms with E-state index in [-0.39, 0.29) is 5.82 Å². The van der Waals surface area contributed by atoms with Gasteiger partial charge in [-0.3, -0.25) is 4.68 Å². The Bertz CT molecular complexity index is 535. The third-order valence-corrected chi connectivity index (χ3v) is 2.70. The second-order valence-corrected chi connectivity index (χ2v) is 3.85. The molecule has 0 amide bonds. The molecule has 0 radical (unpaired) electrons. The Balaban J connectivity index is 2.08. The number of nitrogens with one attached hydrogen (secondary N) is 1. The summed E-state index contributed by atoms with van der Waals surface area (Å²) in [5, 5.41) is 16.6. The first kappa shape index (κ1) is 10.4. The second-order valence-electron chi connectivity index (χ2n) is 3.07. The van der Waals surface area contributed by atoms with E-state index in [1.54, 1.807) is 18.1 Å². The zero-order chi connectivity index (χ0) is 11.5. The van der Waals surface area contributed by atoms with Crippen LogP contribution in [0.1, 0.15) is 11.4 Å². The molecule has 2 rings (SSSR count). The highest BCUT2D eigenvalue weighted by Crippen LogP contribution is 2.25. The summed E-state index contributed by atoms with van der Waals surface area (Å²) in [6.45, 7) is 0.442. The number of hydrogen-bond acceptors (Lipinski definition) is 7. The molecule has 7 nitrogen and oxygen atoms in total. The van der Waals surface area contributed by atoms with Gasteiger partial charge >= 0.3 is 0 Å². The Hall–Kier alpha value is -2.14. The van der Waals surface area contributed by atoms with E-state index >= 15 is 0 Å². The van der Waals surface area contributed by atoms with Gasteiger partial charge in [-0.25, -0.2) is 4.98 Å². The van der Waals surface area contributed by atoms with Crippen molar-refractivity contribution in [3.8, 4) is 6.07 Å². The summed E-state index contributed by atoms with van der Waals surface area (Å²) in [4.78, 5) is 4.05. The Labute approximate surface area is 95.7 Å². The number of nitrogens with two attached hydrogens (primary N) is 1. The maximum atomic E-state index is 8.85. The van der Waals surface area contributed by atoms with Gasteiger partial charge in [0.15, 0.2) is 11.6 Å². The van der Waals surface area contributed by atoms with Crippen molar-refractivity contribution in [3.63, 3.8) is 0 Å². The molecule has 0 aliphatic carbocycles. The van der Waals surface area contributed by atoms with Crippen molar-refractivity contribution in [1.82, 2.24) is 19.1 Å². The van der Waals surface area contributed by atoms with Gasteiger partial charge < -0.3 is 11.1 Å². The van der Waals surface area contributed by atoms with Crippen LogP contribution in [0.5, 0.6) is 0 Å². The molecule has 2 aromatic heterocycles. The minimum atomic E-state index is 0.254. The number of nitriles is 1. The third-order valence-electron chi connectivity index (χ3n) is 1.88. The highest BCUT2D eigenvalue weighted by Gasteiger charge is 2.10. The second kappa shape index (κ2) is 4.16. The lowest BCUT2D eigenvalue weighted by atomic mass is 10.3. The summed E-state index contributed by atoms with van der Waals surface area (Å²) in [7, 11) is 1.79. The number of nitrogens with zero attached hydrogens (tertiary/aromatic N) is 5. The molecule has 0 fully saturated rings. The van der Waals surface area contributed by atoms with Crippen molar-refractivity contribution in [2.75, 3.05) is 11.1 Å². The molecule has 0 bridgehead atoms. The van der Waals surface area contributed by atoms with Crippen molar-refractivity contribution >= 4 is 22.4 Å². The van der Waals surface area contributed by atoms with E-state index in [2.05, 4.69) is 19.8 Å². The van der Waals surface area contributed by atoms with Gasteiger partial charge in [0.05, 0.1) is 6.54 Å². The summed E-state index contributed by atoms with van der Waals surface area (Å²) in [5.41, 5.74) is 5.90. The van der Waals surface area contributed by atoms with E-state index in [1.807, 2.05) is 6.07 Å². The molecular formula is C8H9N7S. The van der Waals surface area contributed by atoms with Crippen LogP contribution in [-0.4, -0.2) is 19.1 Å². The first-order valence-electron chi connectivity index (χ1n) is 4.44. The van der Waals surface area contributed by atoms with Gasteiger partial charge in [-0.1, -0.05) is 0 Å². The number of hydrogen-bond donors (Lipinski definition) is 2. The van der Waals surface area contributed by atoms with Crippen LogP contribution in [0.4, 0.5) is 10.8 Å². The fourth-order valence-corrected chi connectivity index (χ4v) is 1.81. The molecule has 0 aromatic carbocycles. The Kier molecular flexibility index (Phi) is 2.70. The van der Waals surface area contributed by atoms with Gasteiger partial charge in [0.2, 0.25) is 0 Å². The Morgan fingerprint density at radius 3 is 3.12 bits per heavy atom. The molecule has 0 aliphatic rings. The van der Waals surface area contributed by atoms with Crippen molar-refractivity contribution < 1.29 is 0 Å². The van der Waals surface area contributed by atoms with Gasteiger partial charge in [-0.15, -0.1) is 0 Å². The lowest BCUT2D eigenvalue weighted by molar-refractivity contribution is 0.747. The lowest BCUT2D eigenvalue weighted by Crippen LogP contribution is -2.02. The van der Waals surface area contributed by atoms with Crippen LogP contribution < -0.4 is 11.1 Å². The van der Waals surface area contributed by atoms with E-state index in [0.717, 1.165) is 11.5 Å². The molecule has 0 saturated heterocycles. The molecule has 0 aliphatic heterocycles. The SMILES string of the molecule is Cn1cnc(CNc2snc(N)c2C#N)n1. The number of aryl methyl sites for hydroxylation is 1.